The molecule has 0 saturated heterocycles. The van der Waals surface area contributed by atoms with E-state index in [0.29, 0.717) is 19.3 Å². The normalized spacial score (nSPS) is 11.7. The molecule has 1 aromatic rings. The standard InChI is InChI=1S/C15H21NO4/c1-3-6-12(15(18)19)16-14(17)10-9-11-7-4-5-8-13(11)20-2/h4-5,7-8,12H,3,6,9-10H2,1-2H3,(H,16,17)(H,18,19)/t12-/m0/s1. The Balaban J connectivity index is 2.52. The summed E-state index contributed by atoms with van der Waals surface area (Å²) in [5.41, 5.74) is 0.938. The monoisotopic (exact) mass is 279 g/mol. The van der Waals surface area contributed by atoms with E-state index in [1.54, 1.807) is 7.11 Å². The Hall–Kier alpha value is -2.04. The Morgan fingerprint density at radius 2 is 2.05 bits per heavy atom. The molecule has 0 saturated carbocycles. The zero-order chi connectivity index (χ0) is 15.0. The summed E-state index contributed by atoms with van der Waals surface area (Å²) in [5, 5.41) is 11.5. The number of amides is 1. The van der Waals surface area contributed by atoms with Crippen LogP contribution in [0.3, 0.4) is 0 Å². The Morgan fingerprint density at radius 3 is 2.65 bits per heavy atom. The highest BCUT2D eigenvalue weighted by molar-refractivity contribution is 5.83. The van der Waals surface area contributed by atoms with Crippen LogP contribution in [-0.2, 0) is 16.0 Å². The number of rotatable bonds is 8. The molecule has 0 aliphatic heterocycles. The van der Waals surface area contributed by atoms with Crippen LogP contribution in [0.4, 0.5) is 0 Å². The van der Waals surface area contributed by atoms with Crippen LogP contribution in [0.25, 0.3) is 0 Å². The summed E-state index contributed by atoms with van der Waals surface area (Å²) in [4.78, 5) is 22.8. The van der Waals surface area contributed by atoms with Gasteiger partial charge in [0.05, 0.1) is 7.11 Å². The van der Waals surface area contributed by atoms with Crippen molar-refractivity contribution in [3.8, 4) is 5.75 Å². The molecule has 5 nitrogen and oxygen atoms in total. The lowest BCUT2D eigenvalue weighted by atomic mass is 10.1. The third kappa shape index (κ3) is 4.91. The topological polar surface area (TPSA) is 75.6 Å². The quantitative estimate of drug-likeness (QED) is 0.763. The van der Waals surface area contributed by atoms with E-state index >= 15 is 0 Å². The molecule has 0 aliphatic carbocycles. The van der Waals surface area contributed by atoms with Crippen molar-refractivity contribution < 1.29 is 19.4 Å². The maximum Gasteiger partial charge on any atom is 0.326 e. The fourth-order valence-corrected chi connectivity index (χ4v) is 1.97. The number of carboxylic acids is 1. The van der Waals surface area contributed by atoms with E-state index in [1.165, 1.54) is 0 Å². The van der Waals surface area contributed by atoms with Gasteiger partial charge < -0.3 is 15.2 Å². The molecule has 1 amide bonds. The van der Waals surface area contributed by atoms with Crippen LogP contribution >= 0.6 is 0 Å². The van der Waals surface area contributed by atoms with Crippen LogP contribution in [0.5, 0.6) is 5.75 Å². The van der Waals surface area contributed by atoms with E-state index in [9.17, 15) is 9.59 Å². The summed E-state index contributed by atoms with van der Waals surface area (Å²) < 4.78 is 5.21. The van der Waals surface area contributed by atoms with E-state index in [1.807, 2.05) is 31.2 Å². The van der Waals surface area contributed by atoms with Gasteiger partial charge in [0.25, 0.3) is 0 Å². The van der Waals surface area contributed by atoms with Crippen molar-refractivity contribution in [1.29, 1.82) is 0 Å². The van der Waals surface area contributed by atoms with Gasteiger partial charge in [-0.1, -0.05) is 31.5 Å². The van der Waals surface area contributed by atoms with Gasteiger partial charge in [-0.25, -0.2) is 4.79 Å². The molecule has 1 rings (SSSR count). The average Bonchev–Trinajstić information content (AvgIpc) is 2.44. The van der Waals surface area contributed by atoms with E-state index < -0.39 is 12.0 Å². The SMILES string of the molecule is CCC[C@H](NC(=O)CCc1ccccc1OC)C(=O)O. The second kappa shape index (κ2) is 8.19. The van der Waals surface area contributed by atoms with Crippen LogP contribution < -0.4 is 10.1 Å². The fourth-order valence-electron chi connectivity index (χ4n) is 1.97. The van der Waals surface area contributed by atoms with Gasteiger partial charge in [-0.15, -0.1) is 0 Å². The highest BCUT2D eigenvalue weighted by atomic mass is 16.5. The van der Waals surface area contributed by atoms with Crippen LogP contribution in [0.15, 0.2) is 24.3 Å². The highest BCUT2D eigenvalue weighted by Gasteiger charge is 2.18. The fraction of sp³-hybridized carbons (Fsp3) is 0.467. The van der Waals surface area contributed by atoms with E-state index in [2.05, 4.69) is 5.32 Å². The van der Waals surface area contributed by atoms with Crippen molar-refractivity contribution in [3.63, 3.8) is 0 Å². The maximum atomic E-state index is 11.8. The van der Waals surface area contributed by atoms with E-state index in [-0.39, 0.29) is 12.3 Å². The third-order valence-electron chi connectivity index (χ3n) is 3.02. The number of nitrogens with one attached hydrogen (secondary N) is 1. The molecule has 110 valence electrons. The Bertz CT molecular complexity index is 459. The molecule has 5 heteroatoms. The molecule has 0 aliphatic rings. The molecular weight excluding hydrogens is 258 g/mol. The number of carbonyl (C=O) groups excluding carboxylic acids is 1. The molecule has 1 atom stereocenters. The van der Waals surface area contributed by atoms with Crippen molar-refractivity contribution in [2.45, 2.75) is 38.6 Å². The third-order valence-corrected chi connectivity index (χ3v) is 3.02. The minimum absolute atomic E-state index is 0.244. The van der Waals surface area contributed by atoms with Crippen LogP contribution in [0, 0.1) is 0 Å². The molecule has 0 bridgehead atoms. The first-order chi connectivity index (χ1) is 9.58. The second-order valence-corrected chi connectivity index (χ2v) is 4.56. The summed E-state index contributed by atoms with van der Waals surface area (Å²) in [6, 6.07) is 6.68. The van der Waals surface area contributed by atoms with Gasteiger partial charge >= 0.3 is 5.97 Å². The lowest BCUT2D eigenvalue weighted by molar-refractivity contribution is -0.142. The average molecular weight is 279 g/mol. The van der Waals surface area contributed by atoms with Gasteiger partial charge in [-0.2, -0.15) is 0 Å². The number of hydrogen-bond acceptors (Lipinski definition) is 3. The Morgan fingerprint density at radius 1 is 1.35 bits per heavy atom. The van der Waals surface area contributed by atoms with Crippen molar-refractivity contribution in [2.75, 3.05) is 7.11 Å². The number of methoxy groups -OCH3 is 1. The van der Waals surface area contributed by atoms with Gasteiger partial charge in [0.15, 0.2) is 0 Å². The number of carboxylic acid groups (broad SMARTS) is 1. The van der Waals surface area contributed by atoms with Gasteiger partial charge in [0.2, 0.25) is 5.91 Å². The minimum atomic E-state index is -0.988. The Labute approximate surface area is 118 Å². The van der Waals surface area contributed by atoms with Crippen LogP contribution in [0.2, 0.25) is 0 Å². The lowest BCUT2D eigenvalue weighted by Gasteiger charge is -2.14. The smallest absolute Gasteiger partial charge is 0.326 e. The van der Waals surface area contributed by atoms with Crippen LogP contribution in [0.1, 0.15) is 31.7 Å². The van der Waals surface area contributed by atoms with Gasteiger partial charge in [0.1, 0.15) is 11.8 Å². The maximum absolute atomic E-state index is 11.8. The Kier molecular flexibility index (Phi) is 6.56. The molecule has 20 heavy (non-hydrogen) atoms. The van der Waals surface area contributed by atoms with Crippen molar-refractivity contribution >= 4 is 11.9 Å². The molecule has 0 fully saturated rings. The van der Waals surface area contributed by atoms with Crippen molar-refractivity contribution in [3.05, 3.63) is 29.8 Å². The van der Waals surface area contributed by atoms with E-state index in [0.717, 1.165) is 11.3 Å². The number of aliphatic carboxylic acids is 1. The number of para-hydroxylation sites is 1. The summed E-state index contributed by atoms with van der Waals surface area (Å²) in [7, 11) is 1.58. The number of aryl methyl sites for hydroxylation is 1. The largest absolute Gasteiger partial charge is 0.496 e. The van der Waals surface area contributed by atoms with Crippen LogP contribution in [-0.4, -0.2) is 30.1 Å². The number of benzene rings is 1. The summed E-state index contributed by atoms with van der Waals surface area (Å²) in [6.07, 6.45) is 1.92. The molecule has 2 N–H and O–H groups in total. The number of hydrogen-bond donors (Lipinski definition) is 2. The highest BCUT2D eigenvalue weighted by Crippen LogP contribution is 2.18. The van der Waals surface area contributed by atoms with Gasteiger partial charge in [0, 0.05) is 6.42 Å². The summed E-state index contributed by atoms with van der Waals surface area (Å²) in [6.45, 7) is 1.89. The number of carbonyl (C=O) groups is 2. The van der Waals surface area contributed by atoms with Crippen molar-refractivity contribution in [1.82, 2.24) is 5.32 Å². The van der Waals surface area contributed by atoms with Crippen molar-refractivity contribution in [2.24, 2.45) is 0 Å². The minimum Gasteiger partial charge on any atom is -0.496 e. The van der Waals surface area contributed by atoms with E-state index in [4.69, 9.17) is 9.84 Å². The first kappa shape index (κ1) is 16.0. The lowest BCUT2D eigenvalue weighted by Crippen LogP contribution is -2.40. The van der Waals surface area contributed by atoms with Gasteiger partial charge in [-0.3, -0.25) is 4.79 Å². The molecule has 0 radical (unpaired) electrons. The number of ether oxygens (including phenoxy) is 1. The molecule has 0 heterocycles. The predicted molar refractivity (Wildman–Crippen MR) is 75.8 cm³/mol. The molecule has 0 spiro atoms. The second-order valence-electron chi connectivity index (χ2n) is 4.56. The summed E-state index contributed by atoms with van der Waals surface area (Å²) >= 11 is 0. The zero-order valence-corrected chi connectivity index (χ0v) is 11.9. The van der Waals surface area contributed by atoms with Gasteiger partial charge in [-0.05, 0) is 24.5 Å². The first-order valence-electron chi connectivity index (χ1n) is 6.72. The summed E-state index contributed by atoms with van der Waals surface area (Å²) in [5.74, 6) is -0.502. The first-order valence-corrected chi connectivity index (χ1v) is 6.72. The predicted octanol–water partition coefficient (Wildman–Crippen LogP) is 2.00. The molecule has 0 unspecified atom stereocenters. The molecule has 0 aromatic heterocycles. The molecular formula is C15H21NO4. The zero-order valence-electron chi connectivity index (χ0n) is 11.9. The molecule has 1 aromatic carbocycles.